The van der Waals surface area contributed by atoms with Gasteiger partial charge in [-0.2, -0.15) is 0 Å². The molecule has 0 aromatic heterocycles. The lowest BCUT2D eigenvalue weighted by atomic mass is 10.0. The number of esters is 1. The zero-order valence-electron chi connectivity index (χ0n) is 14.4. The molecule has 1 amide bonds. The summed E-state index contributed by atoms with van der Waals surface area (Å²) in [6.45, 7) is 1.28. The summed E-state index contributed by atoms with van der Waals surface area (Å²) in [5.41, 5.74) is 0.177. The van der Waals surface area contributed by atoms with Gasteiger partial charge in [-0.25, -0.2) is 8.42 Å². The average molecular weight is 369 g/mol. The van der Waals surface area contributed by atoms with Crippen molar-refractivity contribution in [3.8, 4) is 5.75 Å². The Bertz CT molecular complexity index is 728. The number of ether oxygens (including phenoxy) is 2. The Hall–Kier alpha value is -2.09. The Balaban J connectivity index is 1.71. The number of nitrogens with one attached hydrogen (secondary N) is 1. The third-order valence-electron chi connectivity index (χ3n) is 4.09. The third kappa shape index (κ3) is 6.04. The topological polar surface area (TPSA) is 98.8 Å². The second-order valence-corrected chi connectivity index (χ2v) is 8.64. The lowest BCUT2D eigenvalue weighted by Crippen LogP contribution is -2.48. The fourth-order valence-electron chi connectivity index (χ4n) is 2.74. The van der Waals surface area contributed by atoms with E-state index in [2.05, 4.69) is 5.32 Å². The van der Waals surface area contributed by atoms with E-state index in [0.717, 1.165) is 11.3 Å². The van der Waals surface area contributed by atoms with Gasteiger partial charge in [0.1, 0.15) is 5.75 Å². The van der Waals surface area contributed by atoms with Crippen molar-refractivity contribution in [2.24, 2.45) is 0 Å². The normalized spacial score (nSPS) is 21.5. The number of hydrogen-bond acceptors (Lipinski definition) is 6. The van der Waals surface area contributed by atoms with Gasteiger partial charge in [-0.3, -0.25) is 9.59 Å². The highest BCUT2D eigenvalue weighted by atomic mass is 32.2. The predicted octanol–water partition coefficient (Wildman–Crippen LogP) is 0.864. The molecule has 0 aliphatic carbocycles. The van der Waals surface area contributed by atoms with Crippen molar-refractivity contribution in [3.05, 3.63) is 29.8 Å². The average Bonchev–Trinajstić information content (AvgIpc) is 2.84. The van der Waals surface area contributed by atoms with Crippen LogP contribution in [0.25, 0.3) is 0 Å². The number of rotatable bonds is 7. The summed E-state index contributed by atoms with van der Waals surface area (Å²) < 4.78 is 33.0. The van der Waals surface area contributed by atoms with Crippen molar-refractivity contribution in [2.75, 3.05) is 25.2 Å². The first kappa shape index (κ1) is 19.2. The van der Waals surface area contributed by atoms with Crippen molar-refractivity contribution in [1.82, 2.24) is 5.32 Å². The maximum absolute atomic E-state index is 11.9. The van der Waals surface area contributed by atoms with Crippen molar-refractivity contribution in [3.63, 3.8) is 0 Å². The number of carbonyl (C=O) groups excluding carboxylic acids is 2. The molecule has 1 aromatic carbocycles. The van der Waals surface area contributed by atoms with Crippen molar-refractivity contribution in [2.45, 2.75) is 31.7 Å². The predicted molar refractivity (Wildman–Crippen MR) is 92.1 cm³/mol. The minimum absolute atomic E-state index is 0.0609. The van der Waals surface area contributed by atoms with Crippen LogP contribution in [-0.4, -0.2) is 51.1 Å². The quantitative estimate of drug-likeness (QED) is 0.716. The van der Waals surface area contributed by atoms with Crippen LogP contribution in [0.5, 0.6) is 5.75 Å². The number of sulfone groups is 1. The van der Waals surface area contributed by atoms with Gasteiger partial charge in [0.25, 0.3) is 5.91 Å². The summed E-state index contributed by atoms with van der Waals surface area (Å²) in [5.74, 6) is -0.249. The first-order valence-corrected chi connectivity index (χ1v) is 9.83. The van der Waals surface area contributed by atoms with Gasteiger partial charge >= 0.3 is 5.97 Å². The zero-order valence-corrected chi connectivity index (χ0v) is 15.2. The minimum atomic E-state index is -3.11. The SMILES string of the molecule is COc1ccc(CCC(=O)OCC(=O)N[C@@]2(C)CCS(=O)(=O)C2)cc1. The molecule has 138 valence electrons. The first-order chi connectivity index (χ1) is 11.7. The molecule has 1 aliphatic heterocycles. The Morgan fingerprint density at radius 3 is 2.48 bits per heavy atom. The van der Waals surface area contributed by atoms with Gasteiger partial charge in [0, 0.05) is 6.42 Å². The van der Waals surface area contributed by atoms with Crippen LogP contribution >= 0.6 is 0 Å². The van der Waals surface area contributed by atoms with E-state index in [4.69, 9.17) is 9.47 Å². The van der Waals surface area contributed by atoms with E-state index in [1.54, 1.807) is 14.0 Å². The van der Waals surface area contributed by atoms with E-state index in [-0.39, 0.29) is 17.9 Å². The molecule has 8 heteroatoms. The fraction of sp³-hybridized carbons (Fsp3) is 0.529. The van der Waals surface area contributed by atoms with Crippen molar-refractivity contribution in [1.29, 1.82) is 0 Å². The highest BCUT2D eigenvalue weighted by molar-refractivity contribution is 7.91. The van der Waals surface area contributed by atoms with Crippen molar-refractivity contribution >= 4 is 21.7 Å². The molecule has 1 fully saturated rings. The maximum atomic E-state index is 11.9. The molecule has 25 heavy (non-hydrogen) atoms. The maximum Gasteiger partial charge on any atom is 0.306 e. The fourth-order valence-corrected chi connectivity index (χ4v) is 4.83. The summed E-state index contributed by atoms with van der Waals surface area (Å²) in [4.78, 5) is 23.6. The molecule has 1 atom stereocenters. The second kappa shape index (κ2) is 7.86. The van der Waals surface area contributed by atoms with Crippen LogP contribution in [0.3, 0.4) is 0 Å². The Kier molecular flexibility index (Phi) is 6.05. The standard InChI is InChI=1S/C17H23NO6S/c1-17(9-10-25(21,22)12-17)18-15(19)11-24-16(20)8-5-13-3-6-14(23-2)7-4-13/h3-4,6-7H,5,8-12H2,1-2H3,(H,18,19)/t17-/m0/s1. The molecule has 1 N–H and O–H groups in total. The number of carbonyl (C=O) groups is 2. The smallest absolute Gasteiger partial charge is 0.306 e. The molecular formula is C17H23NO6S. The van der Waals surface area contributed by atoms with Crippen LogP contribution in [0.1, 0.15) is 25.3 Å². The lowest BCUT2D eigenvalue weighted by molar-refractivity contribution is -0.148. The second-order valence-electron chi connectivity index (χ2n) is 6.46. The molecule has 0 unspecified atom stereocenters. The Morgan fingerprint density at radius 2 is 1.92 bits per heavy atom. The van der Waals surface area contributed by atoms with E-state index in [1.165, 1.54) is 0 Å². The van der Waals surface area contributed by atoms with Crippen LogP contribution in [0.4, 0.5) is 0 Å². The van der Waals surface area contributed by atoms with Crippen LogP contribution in [0.15, 0.2) is 24.3 Å². The summed E-state index contributed by atoms with van der Waals surface area (Å²) in [5, 5.41) is 2.64. The summed E-state index contributed by atoms with van der Waals surface area (Å²) in [6.07, 6.45) is 1.03. The first-order valence-electron chi connectivity index (χ1n) is 8.01. The molecule has 2 rings (SSSR count). The highest BCUT2D eigenvalue weighted by Crippen LogP contribution is 2.22. The van der Waals surface area contributed by atoms with Crippen molar-refractivity contribution < 1.29 is 27.5 Å². The largest absolute Gasteiger partial charge is 0.497 e. The third-order valence-corrected chi connectivity index (χ3v) is 5.99. The van der Waals surface area contributed by atoms with E-state index in [9.17, 15) is 18.0 Å². The summed E-state index contributed by atoms with van der Waals surface area (Å²) in [7, 11) is -1.52. The zero-order chi connectivity index (χ0) is 18.5. The minimum Gasteiger partial charge on any atom is -0.497 e. The molecule has 0 spiro atoms. The van der Waals surface area contributed by atoms with Crippen LogP contribution in [0, 0.1) is 0 Å². The highest BCUT2D eigenvalue weighted by Gasteiger charge is 2.39. The summed E-state index contributed by atoms with van der Waals surface area (Å²) >= 11 is 0. The van der Waals surface area contributed by atoms with Gasteiger partial charge in [0.2, 0.25) is 0 Å². The van der Waals surface area contributed by atoms with Crippen LogP contribution in [-0.2, 0) is 30.6 Å². The number of amides is 1. The van der Waals surface area contributed by atoms with Crippen LogP contribution in [0.2, 0.25) is 0 Å². The number of benzene rings is 1. The van der Waals surface area contributed by atoms with Gasteiger partial charge in [-0.15, -0.1) is 0 Å². The molecule has 7 nitrogen and oxygen atoms in total. The van der Waals surface area contributed by atoms with E-state index in [0.29, 0.717) is 12.8 Å². The van der Waals surface area contributed by atoms with Gasteiger partial charge in [0.15, 0.2) is 16.4 Å². The number of hydrogen-bond donors (Lipinski definition) is 1. The number of methoxy groups -OCH3 is 1. The Labute approximate surface area is 147 Å². The monoisotopic (exact) mass is 369 g/mol. The van der Waals surface area contributed by atoms with Gasteiger partial charge < -0.3 is 14.8 Å². The van der Waals surface area contributed by atoms with Gasteiger partial charge in [-0.1, -0.05) is 12.1 Å². The molecular weight excluding hydrogens is 346 g/mol. The molecule has 1 heterocycles. The van der Waals surface area contributed by atoms with E-state index < -0.39 is 33.9 Å². The molecule has 1 aromatic rings. The molecule has 0 saturated carbocycles. The molecule has 1 aliphatic rings. The van der Waals surface area contributed by atoms with Gasteiger partial charge in [0.05, 0.1) is 24.2 Å². The van der Waals surface area contributed by atoms with Crippen LogP contribution < -0.4 is 10.1 Å². The van der Waals surface area contributed by atoms with Gasteiger partial charge in [-0.05, 0) is 37.5 Å². The van der Waals surface area contributed by atoms with E-state index >= 15 is 0 Å². The molecule has 0 bridgehead atoms. The lowest BCUT2D eigenvalue weighted by Gasteiger charge is -2.23. The molecule has 1 saturated heterocycles. The summed E-state index contributed by atoms with van der Waals surface area (Å²) in [6, 6.07) is 7.34. The number of aryl methyl sites for hydroxylation is 1. The Morgan fingerprint density at radius 1 is 1.24 bits per heavy atom. The van der Waals surface area contributed by atoms with E-state index in [1.807, 2.05) is 24.3 Å². The molecule has 0 radical (unpaired) electrons.